The Morgan fingerprint density at radius 2 is 1.90 bits per heavy atom. The molecule has 0 aliphatic heterocycles. The van der Waals surface area contributed by atoms with Crippen LogP contribution in [-0.2, 0) is 6.42 Å². The second kappa shape index (κ2) is 5.73. The molecule has 1 heterocycles. The van der Waals surface area contributed by atoms with E-state index in [1.807, 2.05) is 12.1 Å². The molecule has 0 radical (unpaired) electrons. The highest BCUT2D eigenvalue weighted by Crippen LogP contribution is 2.25. The number of benzene rings is 2. The average Bonchev–Trinajstić information content (AvgIpc) is 2.93. The number of fused-ring (bicyclic) bond motifs is 1. The summed E-state index contributed by atoms with van der Waals surface area (Å²) in [5, 5.41) is 6.29. The van der Waals surface area contributed by atoms with Crippen LogP contribution in [-0.4, -0.2) is 16.7 Å². The molecule has 0 fully saturated rings. The summed E-state index contributed by atoms with van der Waals surface area (Å²) >= 11 is 3.47. The van der Waals surface area contributed by atoms with Gasteiger partial charge in [0.25, 0.3) is 5.89 Å². The van der Waals surface area contributed by atoms with Crippen LogP contribution in [0, 0.1) is 0 Å². The molecule has 2 aromatic carbocycles. The molecule has 5 heteroatoms. The summed E-state index contributed by atoms with van der Waals surface area (Å²) in [6, 6.07) is 12.3. The molecule has 4 nitrogen and oxygen atoms in total. The predicted molar refractivity (Wildman–Crippen MR) is 82.3 cm³/mol. The van der Waals surface area contributed by atoms with Crippen molar-refractivity contribution >= 4 is 26.7 Å². The lowest BCUT2D eigenvalue weighted by atomic mass is 10.1. The van der Waals surface area contributed by atoms with Gasteiger partial charge in [-0.05, 0) is 48.0 Å². The molecule has 0 aliphatic carbocycles. The summed E-state index contributed by atoms with van der Waals surface area (Å²) in [6.45, 7) is 0.634. The molecule has 3 aromatic rings. The van der Waals surface area contributed by atoms with E-state index < -0.39 is 0 Å². The number of rotatable bonds is 4. The van der Waals surface area contributed by atoms with Gasteiger partial charge in [-0.2, -0.15) is 4.98 Å². The van der Waals surface area contributed by atoms with E-state index in [1.165, 1.54) is 5.39 Å². The van der Waals surface area contributed by atoms with E-state index in [1.54, 1.807) is 0 Å². The lowest BCUT2D eigenvalue weighted by Crippen LogP contribution is -2.01. The minimum Gasteiger partial charge on any atom is -0.334 e. The van der Waals surface area contributed by atoms with Gasteiger partial charge in [-0.25, -0.2) is 0 Å². The van der Waals surface area contributed by atoms with Gasteiger partial charge in [-0.1, -0.05) is 33.2 Å². The summed E-state index contributed by atoms with van der Waals surface area (Å²) in [6.07, 6.45) is 1.62. The molecule has 0 unspecified atom stereocenters. The minimum atomic E-state index is 0.557. The fraction of sp³-hybridized carbons (Fsp3) is 0.200. The molecule has 0 atom stereocenters. The highest BCUT2D eigenvalue weighted by Gasteiger charge is 2.09. The standard InChI is InChI=1S/C15H14BrN3O/c16-13-6-5-10-8-12(4-3-11(10)9-13)15-18-14(19-20-15)2-1-7-17/h3-6,8-9H,1-2,7,17H2. The lowest BCUT2D eigenvalue weighted by Gasteiger charge is -2.00. The zero-order chi connectivity index (χ0) is 13.9. The Morgan fingerprint density at radius 1 is 1.10 bits per heavy atom. The van der Waals surface area contributed by atoms with Gasteiger partial charge in [0.1, 0.15) is 0 Å². The molecule has 102 valence electrons. The Bertz CT molecular complexity index is 739. The lowest BCUT2D eigenvalue weighted by molar-refractivity contribution is 0.422. The van der Waals surface area contributed by atoms with Gasteiger partial charge in [0, 0.05) is 16.5 Å². The van der Waals surface area contributed by atoms with Crippen LogP contribution in [0.15, 0.2) is 45.4 Å². The number of halogens is 1. The Labute approximate surface area is 125 Å². The van der Waals surface area contributed by atoms with Crippen molar-refractivity contribution in [3.63, 3.8) is 0 Å². The smallest absolute Gasteiger partial charge is 0.257 e. The normalized spacial score (nSPS) is 11.1. The van der Waals surface area contributed by atoms with Crippen LogP contribution in [0.4, 0.5) is 0 Å². The molecular formula is C15H14BrN3O. The van der Waals surface area contributed by atoms with Crippen molar-refractivity contribution in [2.45, 2.75) is 12.8 Å². The molecule has 0 amide bonds. The first kappa shape index (κ1) is 13.3. The van der Waals surface area contributed by atoms with E-state index in [-0.39, 0.29) is 0 Å². The summed E-state index contributed by atoms with van der Waals surface area (Å²) in [5.74, 6) is 1.27. The Balaban J connectivity index is 1.93. The first-order valence-corrected chi connectivity index (χ1v) is 7.28. The van der Waals surface area contributed by atoms with Gasteiger partial charge in [0.2, 0.25) is 0 Å². The molecule has 0 saturated heterocycles. The molecule has 3 rings (SSSR count). The van der Waals surface area contributed by atoms with Crippen LogP contribution in [0.5, 0.6) is 0 Å². The monoisotopic (exact) mass is 331 g/mol. The molecule has 0 saturated carbocycles. The van der Waals surface area contributed by atoms with Crippen LogP contribution < -0.4 is 5.73 Å². The largest absolute Gasteiger partial charge is 0.334 e. The van der Waals surface area contributed by atoms with Crippen LogP contribution in [0.25, 0.3) is 22.2 Å². The first-order chi connectivity index (χ1) is 9.76. The highest BCUT2D eigenvalue weighted by molar-refractivity contribution is 9.10. The van der Waals surface area contributed by atoms with Crippen molar-refractivity contribution < 1.29 is 4.52 Å². The molecular weight excluding hydrogens is 318 g/mol. The van der Waals surface area contributed by atoms with Crippen molar-refractivity contribution in [1.82, 2.24) is 10.1 Å². The topological polar surface area (TPSA) is 64.9 Å². The van der Waals surface area contributed by atoms with Gasteiger partial charge >= 0.3 is 0 Å². The zero-order valence-corrected chi connectivity index (χ0v) is 12.4. The van der Waals surface area contributed by atoms with E-state index in [4.69, 9.17) is 10.3 Å². The molecule has 0 bridgehead atoms. The van der Waals surface area contributed by atoms with Crippen molar-refractivity contribution in [3.8, 4) is 11.5 Å². The van der Waals surface area contributed by atoms with E-state index in [2.05, 4.69) is 50.3 Å². The van der Waals surface area contributed by atoms with E-state index in [0.717, 1.165) is 28.3 Å². The quantitative estimate of drug-likeness (QED) is 0.794. The van der Waals surface area contributed by atoms with Crippen LogP contribution in [0.3, 0.4) is 0 Å². The van der Waals surface area contributed by atoms with Crippen molar-refractivity contribution in [1.29, 1.82) is 0 Å². The number of nitrogens with zero attached hydrogens (tertiary/aromatic N) is 2. The van der Waals surface area contributed by atoms with Crippen LogP contribution >= 0.6 is 15.9 Å². The summed E-state index contributed by atoms with van der Waals surface area (Å²) in [5.41, 5.74) is 6.42. The summed E-state index contributed by atoms with van der Waals surface area (Å²) < 4.78 is 6.38. The van der Waals surface area contributed by atoms with Crippen LogP contribution in [0.2, 0.25) is 0 Å². The SMILES string of the molecule is NCCCc1noc(-c2ccc3cc(Br)ccc3c2)n1. The van der Waals surface area contributed by atoms with Gasteiger partial charge in [0.15, 0.2) is 5.82 Å². The maximum atomic E-state index is 5.48. The average molecular weight is 332 g/mol. The Hall–Kier alpha value is -1.72. The van der Waals surface area contributed by atoms with Gasteiger partial charge in [-0.3, -0.25) is 0 Å². The molecule has 2 N–H and O–H groups in total. The summed E-state index contributed by atoms with van der Waals surface area (Å²) in [7, 11) is 0. The van der Waals surface area contributed by atoms with Crippen LogP contribution in [0.1, 0.15) is 12.2 Å². The maximum Gasteiger partial charge on any atom is 0.257 e. The van der Waals surface area contributed by atoms with E-state index >= 15 is 0 Å². The number of nitrogens with two attached hydrogens (primary N) is 1. The second-order valence-electron chi connectivity index (χ2n) is 4.61. The fourth-order valence-corrected chi connectivity index (χ4v) is 2.46. The van der Waals surface area contributed by atoms with E-state index in [0.29, 0.717) is 18.3 Å². The van der Waals surface area contributed by atoms with Gasteiger partial charge in [0.05, 0.1) is 0 Å². The Morgan fingerprint density at radius 3 is 2.75 bits per heavy atom. The van der Waals surface area contributed by atoms with Gasteiger partial charge < -0.3 is 10.3 Å². The molecule has 1 aromatic heterocycles. The number of hydrogen-bond acceptors (Lipinski definition) is 4. The third kappa shape index (κ3) is 2.73. The summed E-state index contributed by atoms with van der Waals surface area (Å²) in [4.78, 5) is 4.40. The molecule has 0 spiro atoms. The fourth-order valence-electron chi connectivity index (χ4n) is 2.08. The number of aromatic nitrogens is 2. The zero-order valence-electron chi connectivity index (χ0n) is 10.8. The highest BCUT2D eigenvalue weighted by atomic mass is 79.9. The van der Waals surface area contributed by atoms with Crippen molar-refractivity contribution in [2.75, 3.05) is 6.54 Å². The molecule has 0 aliphatic rings. The van der Waals surface area contributed by atoms with Crippen molar-refractivity contribution in [3.05, 3.63) is 46.7 Å². The third-order valence-electron chi connectivity index (χ3n) is 3.12. The first-order valence-electron chi connectivity index (χ1n) is 6.48. The van der Waals surface area contributed by atoms with Crippen molar-refractivity contribution in [2.24, 2.45) is 5.73 Å². The minimum absolute atomic E-state index is 0.557. The predicted octanol–water partition coefficient (Wildman–Crippen LogP) is 3.54. The van der Waals surface area contributed by atoms with Gasteiger partial charge in [-0.15, -0.1) is 0 Å². The Kier molecular flexibility index (Phi) is 3.80. The number of aryl methyl sites for hydroxylation is 1. The maximum absolute atomic E-state index is 5.48. The number of hydrogen-bond donors (Lipinski definition) is 1. The van der Waals surface area contributed by atoms with E-state index in [9.17, 15) is 0 Å². The molecule has 20 heavy (non-hydrogen) atoms. The second-order valence-corrected chi connectivity index (χ2v) is 5.53. The third-order valence-corrected chi connectivity index (χ3v) is 3.62.